The number of nitrogens with one attached hydrogen (secondary N) is 1. The van der Waals surface area contributed by atoms with Crippen LogP contribution < -0.4 is 15.0 Å². The van der Waals surface area contributed by atoms with Gasteiger partial charge in [-0.05, 0) is 57.7 Å². The van der Waals surface area contributed by atoms with E-state index >= 15 is 0 Å². The maximum absolute atomic E-state index is 14.2. The highest BCUT2D eigenvalue weighted by Gasteiger charge is 2.50. The molecule has 0 saturated carbocycles. The second-order valence-corrected chi connectivity index (χ2v) is 11.7. The number of amides is 2. The molecule has 11 heteroatoms. The summed E-state index contributed by atoms with van der Waals surface area (Å²) in [6.45, 7) is 16.5. The van der Waals surface area contributed by atoms with Gasteiger partial charge in [0.15, 0.2) is 5.82 Å². The van der Waals surface area contributed by atoms with Gasteiger partial charge in [-0.25, -0.2) is 9.37 Å². The van der Waals surface area contributed by atoms with Crippen molar-refractivity contribution in [2.75, 3.05) is 44.2 Å². The van der Waals surface area contributed by atoms with Crippen molar-refractivity contribution in [3.8, 4) is 11.6 Å². The van der Waals surface area contributed by atoms with Crippen molar-refractivity contribution in [2.24, 2.45) is 11.3 Å². The molecule has 2 aromatic rings. The minimum Gasteiger partial charge on any atom is -0.434 e. The predicted octanol–water partition coefficient (Wildman–Crippen LogP) is 3.74. The van der Waals surface area contributed by atoms with E-state index in [1.54, 1.807) is 11.8 Å². The Kier molecular flexibility index (Phi) is 9.22. The molecule has 1 aromatic carbocycles. The molecular weight excluding hydrogens is 513 g/mol. The molecule has 1 atom stereocenters. The highest BCUT2D eigenvalue weighted by molar-refractivity contribution is 5.97. The van der Waals surface area contributed by atoms with Gasteiger partial charge in [-0.1, -0.05) is 13.8 Å². The van der Waals surface area contributed by atoms with Gasteiger partial charge in [0.25, 0.3) is 11.8 Å². The third-order valence-electron chi connectivity index (χ3n) is 8.04. The number of anilines is 1. The molecule has 2 saturated heterocycles. The molecule has 40 heavy (non-hydrogen) atoms. The first kappa shape index (κ1) is 29.6. The van der Waals surface area contributed by atoms with Gasteiger partial charge >= 0.3 is 0 Å². The maximum Gasteiger partial charge on any atom is 0.282 e. The summed E-state index contributed by atoms with van der Waals surface area (Å²) in [5.74, 6) is 0.650. The lowest BCUT2D eigenvalue weighted by molar-refractivity contribution is -0.119. The van der Waals surface area contributed by atoms with Crippen LogP contribution in [0.25, 0.3) is 0 Å². The minimum atomic E-state index is -0.513. The Hall–Kier alpha value is -3.34. The first-order valence-electron chi connectivity index (χ1n) is 14.2. The lowest BCUT2D eigenvalue weighted by atomic mass is 9.76. The highest BCUT2D eigenvalue weighted by atomic mass is 19.1. The Morgan fingerprint density at radius 2 is 1.95 bits per heavy atom. The van der Waals surface area contributed by atoms with E-state index in [0.29, 0.717) is 30.9 Å². The normalized spacial score (nSPS) is 17.3. The molecule has 10 nitrogen and oxygen atoms in total. The van der Waals surface area contributed by atoms with Crippen LogP contribution in [0.5, 0.6) is 11.6 Å². The first-order valence-corrected chi connectivity index (χ1v) is 14.2. The molecule has 1 N–H and O–H groups in total. The van der Waals surface area contributed by atoms with Crippen molar-refractivity contribution < 1.29 is 18.7 Å². The predicted molar refractivity (Wildman–Crippen MR) is 151 cm³/mol. The molecule has 1 unspecified atom stereocenters. The van der Waals surface area contributed by atoms with Crippen molar-refractivity contribution in [2.45, 2.75) is 66.5 Å². The number of rotatable bonds is 11. The van der Waals surface area contributed by atoms with E-state index in [-0.39, 0.29) is 40.5 Å². The highest BCUT2D eigenvalue weighted by Crippen LogP contribution is 2.44. The van der Waals surface area contributed by atoms with Gasteiger partial charge in [-0.2, -0.15) is 0 Å². The number of carbonyl (C=O) groups is 2. The van der Waals surface area contributed by atoms with Crippen LogP contribution in [-0.2, 0) is 4.79 Å². The summed E-state index contributed by atoms with van der Waals surface area (Å²) in [6, 6.07) is 4.29. The van der Waals surface area contributed by atoms with Crippen LogP contribution in [0, 0.1) is 17.2 Å². The summed E-state index contributed by atoms with van der Waals surface area (Å²) >= 11 is 0. The van der Waals surface area contributed by atoms with Crippen LogP contribution in [0.1, 0.15) is 64.7 Å². The van der Waals surface area contributed by atoms with Gasteiger partial charge in [0.05, 0.1) is 5.56 Å². The average Bonchev–Trinajstić information content (AvgIpc) is 3.33. The molecule has 2 fully saturated rings. The molecule has 1 spiro atoms. The Bertz CT molecular complexity index is 1200. The second kappa shape index (κ2) is 12.4. The third kappa shape index (κ3) is 6.51. The van der Waals surface area contributed by atoms with Crippen LogP contribution in [0.15, 0.2) is 24.5 Å². The molecule has 4 rings (SSSR count). The first-order chi connectivity index (χ1) is 19.0. The van der Waals surface area contributed by atoms with E-state index in [2.05, 4.69) is 44.1 Å². The Morgan fingerprint density at radius 3 is 2.60 bits per heavy atom. The second-order valence-electron chi connectivity index (χ2n) is 11.7. The zero-order chi connectivity index (χ0) is 29.0. The molecule has 3 heterocycles. The Balaban J connectivity index is 1.48. The van der Waals surface area contributed by atoms with Crippen molar-refractivity contribution in [3.05, 3.63) is 35.9 Å². The number of ether oxygens (including phenoxy) is 1. The lowest BCUT2D eigenvalue weighted by Crippen LogP contribution is -2.62. The van der Waals surface area contributed by atoms with E-state index in [1.807, 2.05) is 20.8 Å². The standard InChI is InChI=1S/C29H42FN7O3/c1-7-37(20(4)5)28(39)23-14-22(30)8-9-25(23)40-27-26(32-18-33-34-27)35-13-11-29(15-35)16-36(17-29)24(19(2)3)10-12-31-21(6)38/h8-9,14,18-20,24H,7,10-13,15-17H2,1-6H3,(H,31,38). The maximum atomic E-state index is 14.2. The van der Waals surface area contributed by atoms with Gasteiger partial charge in [-0.3, -0.25) is 14.5 Å². The van der Waals surface area contributed by atoms with Crippen LogP contribution in [-0.4, -0.2) is 88.1 Å². The zero-order valence-corrected chi connectivity index (χ0v) is 24.5. The van der Waals surface area contributed by atoms with Gasteiger partial charge in [0.1, 0.15) is 17.9 Å². The molecule has 1 aromatic heterocycles. The Morgan fingerprint density at radius 1 is 1.20 bits per heavy atom. The van der Waals surface area contributed by atoms with E-state index in [0.717, 1.165) is 39.0 Å². The van der Waals surface area contributed by atoms with Crippen molar-refractivity contribution in [3.63, 3.8) is 0 Å². The fourth-order valence-corrected chi connectivity index (χ4v) is 6.06. The number of carbonyl (C=O) groups excluding carboxylic acids is 2. The topological polar surface area (TPSA) is 104 Å². The fourth-order valence-electron chi connectivity index (χ4n) is 6.06. The van der Waals surface area contributed by atoms with Crippen LogP contribution in [0.3, 0.4) is 0 Å². The van der Waals surface area contributed by atoms with Gasteiger partial charge in [0.2, 0.25) is 5.91 Å². The summed E-state index contributed by atoms with van der Waals surface area (Å²) in [5, 5.41) is 11.1. The van der Waals surface area contributed by atoms with Gasteiger partial charge in [0, 0.05) is 63.7 Å². The average molecular weight is 556 g/mol. The summed E-state index contributed by atoms with van der Waals surface area (Å²) < 4.78 is 20.4. The SMILES string of the molecule is CCN(C(=O)c1cc(F)ccc1Oc1nncnc1N1CCC2(C1)CN(C(CCNC(C)=O)C(C)C)C2)C(C)C. The van der Waals surface area contributed by atoms with Gasteiger partial charge < -0.3 is 19.9 Å². The molecule has 2 amide bonds. The van der Waals surface area contributed by atoms with Crippen LogP contribution in [0.2, 0.25) is 0 Å². The largest absolute Gasteiger partial charge is 0.434 e. The third-order valence-corrected chi connectivity index (χ3v) is 8.04. The van der Waals surface area contributed by atoms with Crippen LogP contribution >= 0.6 is 0 Å². The molecule has 218 valence electrons. The fraction of sp³-hybridized carbons (Fsp3) is 0.621. The number of halogens is 1. The van der Waals surface area contributed by atoms with E-state index in [4.69, 9.17) is 4.74 Å². The Labute approximate surface area is 236 Å². The molecule has 2 aliphatic rings. The molecule has 0 radical (unpaired) electrons. The van der Waals surface area contributed by atoms with E-state index in [1.165, 1.54) is 24.5 Å². The molecule has 2 aliphatic heterocycles. The quantitative estimate of drug-likeness (QED) is 0.447. The summed E-state index contributed by atoms with van der Waals surface area (Å²) in [6.07, 6.45) is 3.34. The number of nitrogens with zero attached hydrogens (tertiary/aromatic N) is 6. The number of benzene rings is 1. The number of likely N-dealkylation sites (tertiary alicyclic amines) is 1. The lowest BCUT2D eigenvalue weighted by Gasteiger charge is -2.52. The van der Waals surface area contributed by atoms with Crippen molar-refractivity contribution in [1.82, 2.24) is 30.3 Å². The van der Waals surface area contributed by atoms with Crippen molar-refractivity contribution in [1.29, 1.82) is 0 Å². The summed E-state index contributed by atoms with van der Waals surface area (Å²) in [5.41, 5.74) is 0.290. The summed E-state index contributed by atoms with van der Waals surface area (Å²) in [4.78, 5) is 35.4. The molecular formula is C29H42FN7O3. The van der Waals surface area contributed by atoms with E-state index < -0.39 is 5.82 Å². The van der Waals surface area contributed by atoms with Crippen molar-refractivity contribution >= 4 is 17.6 Å². The minimum absolute atomic E-state index is 0.00485. The zero-order valence-electron chi connectivity index (χ0n) is 24.5. The molecule has 0 bridgehead atoms. The number of hydrogen-bond acceptors (Lipinski definition) is 8. The molecule has 0 aliphatic carbocycles. The van der Waals surface area contributed by atoms with Gasteiger partial charge in [-0.15, -0.1) is 10.2 Å². The number of hydrogen-bond donors (Lipinski definition) is 1. The van der Waals surface area contributed by atoms with Crippen LogP contribution in [0.4, 0.5) is 10.2 Å². The summed E-state index contributed by atoms with van der Waals surface area (Å²) in [7, 11) is 0. The number of aromatic nitrogens is 3. The monoisotopic (exact) mass is 555 g/mol. The smallest absolute Gasteiger partial charge is 0.282 e. The van der Waals surface area contributed by atoms with E-state index in [9.17, 15) is 14.0 Å².